The van der Waals surface area contributed by atoms with Crippen LogP contribution in [0.2, 0.25) is 0 Å². The van der Waals surface area contributed by atoms with Gasteiger partial charge in [0.15, 0.2) is 0 Å². The van der Waals surface area contributed by atoms with E-state index in [4.69, 9.17) is 14.7 Å². The van der Waals surface area contributed by atoms with Crippen molar-refractivity contribution in [2.75, 3.05) is 33.4 Å². The van der Waals surface area contributed by atoms with Gasteiger partial charge in [0.1, 0.15) is 18.1 Å². The molecule has 1 atom stereocenters. The molecule has 19 heavy (non-hydrogen) atoms. The maximum absolute atomic E-state index is 8.81. The van der Waals surface area contributed by atoms with Gasteiger partial charge in [0.25, 0.3) is 0 Å². The van der Waals surface area contributed by atoms with Gasteiger partial charge in [-0.25, -0.2) is 0 Å². The quantitative estimate of drug-likeness (QED) is 0.722. The number of likely N-dealkylation sites (N-methyl/N-ethyl adjacent to an activating group) is 1. The molecule has 0 saturated carbocycles. The van der Waals surface area contributed by atoms with Gasteiger partial charge in [-0.2, -0.15) is 5.26 Å². The summed E-state index contributed by atoms with van der Waals surface area (Å²) >= 11 is 0. The van der Waals surface area contributed by atoms with Gasteiger partial charge in [-0.3, -0.25) is 4.90 Å². The second-order valence-electron chi connectivity index (χ2n) is 4.45. The van der Waals surface area contributed by atoms with Crippen LogP contribution in [-0.2, 0) is 0 Å². The molecule has 0 aliphatic rings. The predicted octanol–water partition coefficient (Wildman–Crippen LogP) is 2.56. The molecule has 0 bridgehead atoms. The molecule has 0 aromatic heterocycles. The molecule has 1 rings (SSSR count). The van der Waals surface area contributed by atoms with E-state index in [0.29, 0.717) is 6.61 Å². The average molecular weight is 262 g/mol. The third-order valence-electron chi connectivity index (χ3n) is 2.94. The smallest absolute Gasteiger partial charge is 0.119 e. The molecule has 4 nitrogen and oxygen atoms in total. The highest BCUT2D eigenvalue weighted by Gasteiger charge is 2.07. The maximum Gasteiger partial charge on any atom is 0.119 e. The predicted molar refractivity (Wildman–Crippen MR) is 75.4 cm³/mol. The maximum atomic E-state index is 8.81. The molecular weight excluding hydrogens is 240 g/mol. The molecule has 0 fully saturated rings. The van der Waals surface area contributed by atoms with Gasteiger partial charge in [0.2, 0.25) is 0 Å². The van der Waals surface area contributed by atoms with Crippen molar-refractivity contribution in [1.82, 2.24) is 4.90 Å². The summed E-state index contributed by atoms with van der Waals surface area (Å²) in [6.07, 6.45) is 0. The summed E-state index contributed by atoms with van der Waals surface area (Å²) in [5.41, 5.74) is 0. The zero-order valence-corrected chi connectivity index (χ0v) is 11.9. The number of benzene rings is 1. The third kappa shape index (κ3) is 5.62. The molecule has 4 heteroatoms. The van der Waals surface area contributed by atoms with Crippen LogP contribution in [0.4, 0.5) is 0 Å². The van der Waals surface area contributed by atoms with Crippen LogP contribution in [0, 0.1) is 17.2 Å². The number of nitriles is 1. The summed E-state index contributed by atoms with van der Waals surface area (Å²) in [5, 5.41) is 8.81. The molecule has 0 N–H and O–H groups in total. The lowest BCUT2D eigenvalue weighted by Crippen LogP contribution is -2.32. The second-order valence-corrected chi connectivity index (χ2v) is 4.45. The highest BCUT2D eigenvalue weighted by atomic mass is 16.5. The monoisotopic (exact) mass is 262 g/mol. The Morgan fingerprint density at radius 3 is 2.42 bits per heavy atom. The normalized spacial score (nSPS) is 11.9. The number of hydrogen-bond acceptors (Lipinski definition) is 4. The summed E-state index contributed by atoms with van der Waals surface area (Å²) in [6.45, 7) is 7.20. The topological polar surface area (TPSA) is 45.5 Å². The van der Waals surface area contributed by atoms with Gasteiger partial charge in [-0.15, -0.1) is 0 Å². The van der Waals surface area contributed by atoms with Crippen LogP contribution in [-0.4, -0.2) is 38.3 Å². The number of nitrogens with zero attached hydrogens (tertiary/aromatic N) is 2. The molecular formula is C15H22N2O2. The molecule has 0 radical (unpaired) electrons. The fourth-order valence-electron chi connectivity index (χ4n) is 1.77. The lowest BCUT2D eigenvalue weighted by molar-refractivity contribution is 0.206. The molecule has 1 unspecified atom stereocenters. The average Bonchev–Trinajstić information content (AvgIpc) is 2.46. The van der Waals surface area contributed by atoms with Crippen molar-refractivity contribution >= 4 is 0 Å². The van der Waals surface area contributed by atoms with Crippen LogP contribution < -0.4 is 9.47 Å². The summed E-state index contributed by atoms with van der Waals surface area (Å²) in [4.78, 5) is 2.22. The Bertz CT molecular complexity index is 398. The van der Waals surface area contributed by atoms with Crippen LogP contribution in [0.25, 0.3) is 0 Å². The van der Waals surface area contributed by atoms with E-state index in [1.807, 2.05) is 31.2 Å². The van der Waals surface area contributed by atoms with Crippen molar-refractivity contribution in [1.29, 1.82) is 5.26 Å². The Kier molecular flexibility index (Phi) is 6.76. The first-order valence-electron chi connectivity index (χ1n) is 6.58. The molecule has 1 aromatic carbocycles. The molecule has 0 heterocycles. The van der Waals surface area contributed by atoms with Gasteiger partial charge < -0.3 is 9.47 Å². The van der Waals surface area contributed by atoms with Crippen molar-refractivity contribution < 1.29 is 9.47 Å². The second kappa shape index (κ2) is 8.39. The number of hydrogen-bond donors (Lipinski definition) is 0. The van der Waals surface area contributed by atoms with Crippen LogP contribution >= 0.6 is 0 Å². The first-order valence-corrected chi connectivity index (χ1v) is 6.58. The van der Waals surface area contributed by atoms with Gasteiger partial charge in [-0.1, -0.05) is 6.92 Å². The van der Waals surface area contributed by atoms with Crippen molar-refractivity contribution in [3.8, 4) is 17.6 Å². The molecule has 0 amide bonds. The van der Waals surface area contributed by atoms with Crippen molar-refractivity contribution in [2.24, 2.45) is 5.92 Å². The summed E-state index contributed by atoms with van der Waals surface area (Å²) < 4.78 is 10.8. The summed E-state index contributed by atoms with van der Waals surface area (Å²) in [7, 11) is 1.64. The van der Waals surface area contributed by atoms with E-state index in [1.54, 1.807) is 7.11 Å². The molecule has 0 saturated heterocycles. The molecule has 1 aromatic rings. The van der Waals surface area contributed by atoms with Crippen LogP contribution in [0.5, 0.6) is 11.5 Å². The zero-order chi connectivity index (χ0) is 14.1. The standard InChI is InChI=1S/C15H22N2O2/c1-4-17(12-13(2)11-16)9-10-19-15-7-5-14(18-3)6-8-15/h5-8,13H,4,9-10,12H2,1-3H3. The van der Waals surface area contributed by atoms with Gasteiger partial charge in [0, 0.05) is 13.1 Å². The van der Waals surface area contributed by atoms with E-state index < -0.39 is 0 Å². The molecule has 0 aliphatic heterocycles. The van der Waals surface area contributed by atoms with E-state index in [9.17, 15) is 0 Å². The Hall–Kier alpha value is -1.73. The van der Waals surface area contributed by atoms with Gasteiger partial charge in [0.05, 0.1) is 19.1 Å². The summed E-state index contributed by atoms with van der Waals surface area (Å²) in [6, 6.07) is 9.81. The zero-order valence-electron chi connectivity index (χ0n) is 11.9. The molecule has 0 aliphatic carbocycles. The Labute approximate surface area is 115 Å². The minimum absolute atomic E-state index is 0.0564. The lowest BCUT2D eigenvalue weighted by Gasteiger charge is -2.21. The minimum Gasteiger partial charge on any atom is -0.497 e. The van der Waals surface area contributed by atoms with E-state index in [0.717, 1.165) is 31.1 Å². The number of methoxy groups -OCH3 is 1. The highest BCUT2D eigenvalue weighted by molar-refractivity contribution is 5.31. The fourth-order valence-corrected chi connectivity index (χ4v) is 1.77. The van der Waals surface area contributed by atoms with E-state index >= 15 is 0 Å². The number of ether oxygens (including phenoxy) is 2. The molecule has 0 spiro atoms. The van der Waals surface area contributed by atoms with Crippen molar-refractivity contribution in [2.45, 2.75) is 13.8 Å². The SMILES string of the molecule is CCN(CCOc1ccc(OC)cc1)CC(C)C#N. The van der Waals surface area contributed by atoms with Crippen LogP contribution in [0.15, 0.2) is 24.3 Å². The van der Waals surface area contributed by atoms with E-state index in [1.165, 1.54) is 0 Å². The van der Waals surface area contributed by atoms with Crippen molar-refractivity contribution in [3.63, 3.8) is 0 Å². The number of rotatable bonds is 8. The third-order valence-corrected chi connectivity index (χ3v) is 2.94. The fraction of sp³-hybridized carbons (Fsp3) is 0.533. The van der Waals surface area contributed by atoms with E-state index in [-0.39, 0.29) is 5.92 Å². The van der Waals surface area contributed by atoms with Crippen LogP contribution in [0.1, 0.15) is 13.8 Å². The lowest BCUT2D eigenvalue weighted by atomic mass is 10.2. The Morgan fingerprint density at radius 1 is 1.26 bits per heavy atom. The van der Waals surface area contributed by atoms with Gasteiger partial charge in [-0.05, 0) is 37.7 Å². The summed E-state index contributed by atoms with van der Waals surface area (Å²) in [5.74, 6) is 1.72. The molecule has 104 valence electrons. The minimum atomic E-state index is 0.0564. The highest BCUT2D eigenvalue weighted by Crippen LogP contribution is 2.16. The Morgan fingerprint density at radius 2 is 1.89 bits per heavy atom. The first-order chi connectivity index (χ1) is 9.19. The van der Waals surface area contributed by atoms with Gasteiger partial charge >= 0.3 is 0 Å². The first kappa shape index (κ1) is 15.3. The van der Waals surface area contributed by atoms with E-state index in [2.05, 4.69) is 17.9 Å². The van der Waals surface area contributed by atoms with Crippen molar-refractivity contribution in [3.05, 3.63) is 24.3 Å². The van der Waals surface area contributed by atoms with Crippen LogP contribution in [0.3, 0.4) is 0 Å². The Balaban J connectivity index is 2.33. The largest absolute Gasteiger partial charge is 0.497 e.